The Hall–Kier alpha value is -3.23. The average molecular weight is 507 g/mol. The summed E-state index contributed by atoms with van der Waals surface area (Å²) in [7, 11) is 2.07. The Morgan fingerprint density at radius 3 is 2.81 bits per heavy atom. The summed E-state index contributed by atoms with van der Waals surface area (Å²) < 4.78 is 2.03. The highest BCUT2D eigenvalue weighted by Crippen LogP contribution is 2.34. The zero-order valence-corrected chi connectivity index (χ0v) is 21.5. The van der Waals surface area contributed by atoms with E-state index >= 15 is 0 Å². The molecular weight excluding hydrogens is 476 g/mol. The molecule has 0 spiro atoms. The molecule has 1 N–H and O–H groups in total. The second-order valence-corrected chi connectivity index (χ2v) is 10.1. The summed E-state index contributed by atoms with van der Waals surface area (Å²) in [6.07, 6.45) is 7.21. The monoisotopic (exact) mass is 506 g/mol. The predicted octanol–water partition coefficient (Wildman–Crippen LogP) is 4.46. The number of anilines is 1. The first-order valence-electron chi connectivity index (χ1n) is 12.5. The number of hydrogen-bond donors (Lipinski definition) is 1. The van der Waals surface area contributed by atoms with Crippen molar-refractivity contribution in [3.8, 4) is 0 Å². The Morgan fingerprint density at radius 2 is 2.03 bits per heavy atom. The molecule has 4 heterocycles. The van der Waals surface area contributed by atoms with E-state index in [9.17, 15) is 9.59 Å². The lowest BCUT2D eigenvalue weighted by atomic mass is 10.1. The molecule has 188 valence electrons. The molecular formula is C27H31ClN6O2. The van der Waals surface area contributed by atoms with Crippen LogP contribution in [-0.4, -0.2) is 69.4 Å². The van der Waals surface area contributed by atoms with E-state index in [2.05, 4.69) is 28.3 Å². The first-order valence-corrected chi connectivity index (χ1v) is 12.9. The Bertz CT molecular complexity index is 1330. The zero-order valence-electron chi connectivity index (χ0n) is 20.7. The van der Waals surface area contributed by atoms with E-state index < -0.39 is 0 Å². The molecule has 36 heavy (non-hydrogen) atoms. The number of carbonyl (C=O) groups excluding carboxylic acids is 2. The van der Waals surface area contributed by atoms with E-state index in [1.54, 1.807) is 18.3 Å². The Morgan fingerprint density at radius 1 is 1.17 bits per heavy atom. The second-order valence-electron chi connectivity index (χ2n) is 9.70. The highest BCUT2D eigenvalue weighted by molar-refractivity contribution is 6.35. The number of imidazole rings is 1. The minimum atomic E-state index is -0.258. The number of nitrogens with zero attached hydrogens (tertiary/aromatic N) is 5. The molecule has 2 amide bonds. The number of hydrogen-bond acceptors (Lipinski definition) is 5. The SMILES string of the molecule is Cc1cc(C(=O)Nc2nc3cccc(Cl)c3n2C2CCCCN(C(=O)C3=CCN(C)CC3)C2)ccn1. The number of pyridine rings is 1. The van der Waals surface area contributed by atoms with Crippen LogP contribution in [0.15, 0.2) is 48.2 Å². The number of aryl methyl sites for hydroxylation is 1. The van der Waals surface area contributed by atoms with E-state index in [-0.39, 0.29) is 17.9 Å². The molecule has 1 atom stereocenters. The lowest BCUT2D eigenvalue weighted by Crippen LogP contribution is -2.38. The normalized spacial score (nSPS) is 19.1. The van der Waals surface area contributed by atoms with Gasteiger partial charge in [-0.05, 0) is 63.9 Å². The van der Waals surface area contributed by atoms with Crippen molar-refractivity contribution >= 4 is 40.4 Å². The molecule has 2 aliphatic heterocycles. The number of likely N-dealkylation sites (tertiary alicyclic amines) is 1. The molecule has 2 aliphatic rings. The van der Waals surface area contributed by atoms with Crippen LogP contribution < -0.4 is 5.32 Å². The van der Waals surface area contributed by atoms with Crippen LogP contribution in [0, 0.1) is 6.92 Å². The van der Waals surface area contributed by atoms with E-state index in [1.807, 2.05) is 34.6 Å². The van der Waals surface area contributed by atoms with Gasteiger partial charge in [0, 0.05) is 49.2 Å². The van der Waals surface area contributed by atoms with Crippen molar-refractivity contribution < 1.29 is 9.59 Å². The molecule has 9 heteroatoms. The third kappa shape index (κ3) is 5.01. The van der Waals surface area contributed by atoms with Gasteiger partial charge in [0.1, 0.15) is 0 Å². The fourth-order valence-electron chi connectivity index (χ4n) is 5.09. The minimum absolute atomic E-state index is 0.0670. The van der Waals surface area contributed by atoms with Gasteiger partial charge >= 0.3 is 0 Å². The molecule has 3 aromatic rings. The average Bonchev–Trinajstić information content (AvgIpc) is 3.06. The van der Waals surface area contributed by atoms with Crippen molar-refractivity contribution in [1.82, 2.24) is 24.3 Å². The molecule has 8 nitrogen and oxygen atoms in total. The third-order valence-electron chi connectivity index (χ3n) is 7.03. The summed E-state index contributed by atoms with van der Waals surface area (Å²) in [5, 5.41) is 3.58. The van der Waals surface area contributed by atoms with Gasteiger partial charge in [0.25, 0.3) is 5.91 Å². The highest BCUT2D eigenvalue weighted by Gasteiger charge is 2.29. The highest BCUT2D eigenvalue weighted by atomic mass is 35.5. The van der Waals surface area contributed by atoms with Gasteiger partial charge < -0.3 is 14.4 Å². The minimum Gasteiger partial charge on any atom is -0.337 e. The molecule has 2 aromatic heterocycles. The molecule has 1 unspecified atom stereocenters. The zero-order chi connectivity index (χ0) is 25.2. The summed E-state index contributed by atoms with van der Waals surface area (Å²) in [6, 6.07) is 8.95. The van der Waals surface area contributed by atoms with E-state index in [0.717, 1.165) is 62.1 Å². The largest absolute Gasteiger partial charge is 0.337 e. The van der Waals surface area contributed by atoms with Crippen molar-refractivity contribution in [2.45, 2.75) is 38.6 Å². The number of fused-ring (bicyclic) bond motifs is 1. The lowest BCUT2D eigenvalue weighted by molar-refractivity contribution is -0.127. The van der Waals surface area contributed by atoms with Crippen LogP contribution in [0.3, 0.4) is 0 Å². The molecule has 1 aromatic carbocycles. The van der Waals surface area contributed by atoms with Gasteiger partial charge in [0.15, 0.2) is 0 Å². The van der Waals surface area contributed by atoms with Gasteiger partial charge in [-0.2, -0.15) is 0 Å². The smallest absolute Gasteiger partial charge is 0.258 e. The number of carbonyl (C=O) groups is 2. The van der Waals surface area contributed by atoms with Crippen LogP contribution in [0.5, 0.6) is 0 Å². The fourth-order valence-corrected chi connectivity index (χ4v) is 5.35. The van der Waals surface area contributed by atoms with E-state index in [1.165, 1.54) is 0 Å². The number of nitrogens with one attached hydrogen (secondary N) is 1. The Balaban J connectivity index is 1.49. The Labute approximate surface area is 215 Å². The third-order valence-corrected chi connectivity index (χ3v) is 7.34. The molecule has 0 bridgehead atoms. The first kappa shape index (κ1) is 24.5. The maximum atomic E-state index is 13.5. The number of para-hydroxylation sites is 1. The van der Waals surface area contributed by atoms with Crippen molar-refractivity contribution in [2.24, 2.45) is 0 Å². The molecule has 0 saturated carbocycles. The summed E-state index contributed by atoms with van der Waals surface area (Å²) in [5.41, 5.74) is 3.66. The van der Waals surface area contributed by atoms with Crippen molar-refractivity contribution in [1.29, 1.82) is 0 Å². The first-order chi connectivity index (χ1) is 17.4. The predicted molar refractivity (Wildman–Crippen MR) is 141 cm³/mol. The van der Waals surface area contributed by atoms with Crippen LogP contribution in [0.4, 0.5) is 5.95 Å². The molecule has 0 aliphatic carbocycles. The van der Waals surface area contributed by atoms with Crippen molar-refractivity contribution in [2.75, 3.05) is 38.5 Å². The van der Waals surface area contributed by atoms with Gasteiger partial charge in [0.05, 0.1) is 22.1 Å². The molecule has 0 radical (unpaired) electrons. The van der Waals surface area contributed by atoms with Gasteiger partial charge in [-0.1, -0.05) is 23.7 Å². The number of aromatic nitrogens is 3. The summed E-state index contributed by atoms with van der Waals surface area (Å²) in [5.74, 6) is 0.296. The topological polar surface area (TPSA) is 83.4 Å². The molecule has 5 rings (SSSR count). The van der Waals surface area contributed by atoms with Crippen molar-refractivity contribution in [3.63, 3.8) is 0 Å². The summed E-state index contributed by atoms with van der Waals surface area (Å²) in [6.45, 7) is 4.80. The van der Waals surface area contributed by atoms with Gasteiger partial charge in [-0.3, -0.25) is 19.9 Å². The van der Waals surface area contributed by atoms with E-state index in [4.69, 9.17) is 16.6 Å². The summed E-state index contributed by atoms with van der Waals surface area (Å²) >= 11 is 6.67. The number of rotatable bonds is 4. The Kier molecular flexibility index (Phi) is 7.07. The van der Waals surface area contributed by atoms with Crippen LogP contribution in [-0.2, 0) is 4.79 Å². The van der Waals surface area contributed by atoms with Crippen LogP contribution >= 0.6 is 11.6 Å². The van der Waals surface area contributed by atoms with E-state index in [0.29, 0.717) is 28.6 Å². The fraction of sp³-hybridized carbons (Fsp3) is 0.407. The van der Waals surface area contributed by atoms with Crippen LogP contribution in [0.1, 0.15) is 47.8 Å². The number of halogens is 1. The maximum Gasteiger partial charge on any atom is 0.258 e. The van der Waals surface area contributed by atoms with Gasteiger partial charge in [-0.25, -0.2) is 4.98 Å². The van der Waals surface area contributed by atoms with Crippen LogP contribution in [0.25, 0.3) is 11.0 Å². The standard InChI is InChI=1S/C27H31ClN6O2/c1-18-16-20(9-12-29-18)25(35)31-27-30-23-8-5-7-22(28)24(23)34(27)21-6-3-4-13-33(17-21)26(36)19-10-14-32(2)15-11-19/h5,7-10,12,16,21H,3-4,6,11,13-15,17H2,1-2H3,(H,30,31,35). The summed E-state index contributed by atoms with van der Waals surface area (Å²) in [4.78, 5) is 39.7. The quantitative estimate of drug-likeness (QED) is 0.564. The molecule has 1 saturated heterocycles. The number of amides is 2. The van der Waals surface area contributed by atoms with Crippen LogP contribution in [0.2, 0.25) is 5.02 Å². The number of likely N-dealkylation sites (N-methyl/N-ethyl adjacent to an activating group) is 1. The van der Waals surface area contributed by atoms with Gasteiger partial charge in [0.2, 0.25) is 11.9 Å². The lowest BCUT2D eigenvalue weighted by Gasteiger charge is -2.29. The number of benzene rings is 1. The van der Waals surface area contributed by atoms with Gasteiger partial charge in [-0.15, -0.1) is 0 Å². The molecule has 1 fully saturated rings. The second kappa shape index (κ2) is 10.4. The van der Waals surface area contributed by atoms with Crippen molar-refractivity contribution in [3.05, 3.63) is 64.5 Å². The maximum absolute atomic E-state index is 13.5.